The van der Waals surface area contributed by atoms with Gasteiger partial charge in [-0.15, -0.1) is 24.9 Å². The lowest BCUT2D eigenvalue weighted by molar-refractivity contribution is -0.145. The molecule has 4 saturated heterocycles. The summed E-state index contributed by atoms with van der Waals surface area (Å²) in [5, 5.41) is 9.96. The van der Waals surface area contributed by atoms with Crippen LogP contribution >= 0.6 is 11.8 Å². The first-order valence-electron chi connectivity index (χ1n) is 15.1. The van der Waals surface area contributed by atoms with E-state index in [1.54, 1.807) is 38.6 Å². The molecule has 228 valence electrons. The average molecular weight is 597 g/mol. The molecule has 1 N–H and O–H groups in total. The number of benzene rings is 1. The van der Waals surface area contributed by atoms with Crippen LogP contribution in [0.4, 0.5) is 0 Å². The third kappa shape index (κ3) is 5.54. The Bertz CT molecular complexity index is 1160. The standard InChI is InChI=1S/C32H44N4O5S/c1-4-11-34(14-13-33-16-19-41-20-17-33)31(40)28-32-23(3)21-25(42-32)26(27(32)30(39)36(28)15-18-37)29(38)35(12-5-2)22-24-9-7-6-8-10-24/h4-10,23,25-28,37H,1-2,11-22H2,3H3/t23?,25-,26+,27+,28?,32?/m1/s1. The van der Waals surface area contributed by atoms with Crippen LogP contribution in [-0.4, -0.2) is 124 Å². The number of β-amino-alcohol motifs (C(OH)–C–C–N with tert-alkyl or cyclic N) is 1. The van der Waals surface area contributed by atoms with Gasteiger partial charge in [-0.2, -0.15) is 0 Å². The van der Waals surface area contributed by atoms with Gasteiger partial charge < -0.3 is 24.5 Å². The molecule has 3 unspecified atom stereocenters. The van der Waals surface area contributed by atoms with Gasteiger partial charge in [-0.25, -0.2) is 0 Å². The number of amides is 3. The summed E-state index contributed by atoms with van der Waals surface area (Å²) in [6.45, 7) is 15.1. The first kappa shape index (κ1) is 30.8. The summed E-state index contributed by atoms with van der Waals surface area (Å²) in [5.41, 5.74) is 1.01. The molecule has 1 spiro atoms. The average Bonchev–Trinajstić information content (AvgIpc) is 3.59. The van der Waals surface area contributed by atoms with E-state index in [0.717, 1.165) is 25.1 Å². The minimum absolute atomic E-state index is 0.0441. The number of fused-ring (bicyclic) bond motifs is 1. The second-order valence-electron chi connectivity index (χ2n) is 11.8. The number of carbonyl (C=O) groups excluding carboxylic acids is 3. The highest BCUT2D eigenvalue weighted by molar-refractivity contribution is 8.02. The molecule has 2 bridgehead atoms. The fraction of sp³-hybridized carbons (Fsp3) is 0.594. The third-order valence-corrected chi connectivity index (χ3v) is 11.5. The van der Waals surface area contributed by atoms with Gasteiger partial charge >= 0.3 is 0 Å². The number of morpholine rings is 1. The molecule has 4 aliphatic rings. The van der Waals surface area contributed by atoms with Crippen LogP contribution in [0, 0.1) is 17.8 Å². The summed E-state index contributed by atoms with van der Waals surface area (Å²) in [6, 6.07) is 9.09. The summed E-state index contributed by atoms with van der Waals surface area (Å²) >= 11 is 1.67. The van der Waals surface area contributed by atoms with Gasteiger partial charge in [0.1, 0.15) is 6.04 Å². The van der Waals surface area contributed by atoms with Gasteiger partial charge in [-0.3, -0.25) is 19.3 Å². The van der Waals surface area contributed by atoms with E-state index in [9.17, 15) is 19.5 Å². The molecule has 4 aliphatic heterocycles. The molecule has 42 heavy (non-hydrogen) atoms. The van der Waals surface area contributed by atoms with Crippen molar-refractivity contribution in [3.05, 3.63) is 61.2 Å². The fourth-order valence-corrected chi connectivity index (χ4v) is 9.95. The molecule has 0 radical (unpaired) electrons. The number of nitrogens with zero attached hydrogens (tertiary/aromatic N) is 4. The van der Waals surface area contributed by atoms with Gasteiger partial charge in [0, 0.05) is 57.6 Å². The Labute approximate surface area is 253 Å². The lowest BCUT2D eigenvalue weighted by atomic mass is 9.65. The molecule has 10 heteroatoms. The zero-order chi connectivity index (χ0) is 29.9. The van der Waals surface area contributed by atoms with Gasteiger partial charge in [0.2, 0.25) is 17.7 Å². The van der Waals surface area contributed by atoms with E-state index in [1.807, 2.05) is 30.3 Å². The minimum Gasteiger partial charge on any atom is -0.395 e. The summed E-state index contributed by atoms with van der Waals surface area (Å²) < 4.78 is 4.75. The molecule has 0 aliphatic carbocycles. The fourth-order valence-electron chi connectivity index (χ4n) is 7.54. The Hall–Kier alpha value is -2.66. The van der Waals surface area contributed by atoms with E-state index in [0.29, 0.717) is 45.9 Å². The Morgan fingerprint density at radius 3 is 2.45 bits per heavy atom. The molecule has 1 aromatic rings. The second-order valence-corrected chi connectivity index (χ2v) is 13.4. The molecule has 9 nitrogen and oxygen atoms in total. The van der Waals surface area contributed by atoms with Crippen molar-refractivity contribution in [1.82, 2.24) is 19.6 Å². The van der Waals surface area contributed by atoms with Gasteiger partial charge in [-0.1, -0.05) is 49.4 Å². The molecule has 0 aromatic heterocycles. The van der Waals surface area contributed by atoms with Crippen LogP contribution in [0.25, 0.3) is 0 Å². The number of carbonyl (C=O) groups is 3. The van der Waals surface area contributed by atoms with E-state index in [1.165, 1.54) is 0 Å². The Kier molecular flexibility index (Phi) is 9.77. The highest BCUT2D eigenvalue weighted by atomic mass is 32.2. The van der Waals surface area contributed by atoms with Gasteiger partial charge in [0.25, 0.3) is 0 Å². The van der Waals surface area contributed by atoms with E-state index in [-0.39, 0.29) is 42.0 Å². The zero-order valence-corrected chi connectivity index (χ0v) is 25.4. The molecular weight excluding hydrogens is 552 g/mol. The quantitative estimate of drug-likeness (QED) is 0.348. The van der Waals surface area contributed by atoms with Crippen molar-refractivity contribution in [3.8, 4) is 0 Å². The summed E-state index contributed by atoms with van der Waals surface area (Å²) in [5.74, 6) is -1.44. The van der Waals surface area contributed by atoms with Crippen LogP contribution in [0.3, 0.4) is 0 Å². The van der Waals surface area contributed by atoms with Crippen LogP contribution in [0.5, 0.6) is 0 Å². The van der Waals surface area contributed by atoms with Gasteiger partial charge in [0.15, 0.2) is 0 Å². The van der Waals surface area contributed by atoms with Crippen molar-refractivity contribution in [1.29, 1.82) is 0 Å². The summed E-state index contributed by atoms with van der Waals surface area (Å²) in [7, 11) is 0. The van der Waals surface area contributed by atoms with Crippen LogP contribution in [-0.2, 0) is 25.7 Å². The molecular formula is C32H44N4O5S. The van der Waals surface area contributed by atoms with E-state index >= 15 is 0 Å². The first-order chi connectivity index (χ1) is 20.4. The Morgan fingerprint density at radius 1 is 1.10 bits per heavy atom. The lowest BCUT2D eigenvalue weighted by Crippen LogP contribution is -2.58. The number of likely N-dealkylation sites (tertiary alicyclic amines) is 1. The number of rotatable bonds is 13. The van der Waals surface area contributed by atoms with E-state index < -0.39 is 22.6 Å². The molecule has 6 atom stereocenters. The maximum Gasteiger partial charge on any atom is 0.247 e. The van der Waals surface area contributed by atoms with Crippen molar-refractivity contribution in [3.63, 3.8) is 0 Å². The van der Waals surface area contributed by atoms with Crippen molar-refractivity contribution in [2.75, 3.05) is 65.6 Å². The van der Waals surface area contributed by atoms with Crippen LogP contribution in [0.1, 0.15) is 18.9 Å². The minimum atomic E-state index is -0.739. The topological polar surface area (TPSA) is 93.6 Å². The Morgan fingerprint density at radius 2 is 1.79 bits per heavy atom. The van der Waals surface area contributed by atoms with E-state index in [2.05, 4.69) is 25.0 Å². The number of hydrogen-bond acceptors (Lipinski definition) is 7. The SMILES string of the molecule is C=CCN(CCN1CCOCC1)C(=O)C1N(CCO)C(=O)[C@@H]2[C@@H](C(=O)N(CC=C)Cc3ccccc3)[C@H]3CC(C)C12S3. The summed E-state index contributed by atoms with van der Waals surface area (Å²) in [4.78, 5) is 50.5. The highest BCUT2D eigenvalue weighted by Gasteiger charge is 2.76. The number of ether oxygens (including phenoxy) is 1. The summed E-state index contributed by atoms with van der Waals surface area (Å²) in [6.07, 6.45) is 4.22. The van der Waals surface area contributed by atoms with Crippen LogP contribution in [0.15, 0.2) is 55.6 Å². The molecule has 4 fully saturated rings. The van der Waals surface area contributed by atoms with Crippen molar-refractivity contribution in [2.24, 2.45) is 17.8 Å². The first-order valence-corrected chi connectivity index (χ1v) is 16.0. The molecule has 3 amide bonds. The number of hydrogen-bond donors (Lipinski definition) is 1. The molecule has 5 rings (SSSR count). The zero-order valence-electron chi connectivity index (χ0n) is 24.6. The van der Waals surface area contributed by atoms with Crippen molar-refractivity contribution in [2.45, 2.75) is 35.9 Å². The van der Waals surface area contributed by atoms with Crippen LogP contribution in [0.2, 0.25) is 0 Å². The second kappa shape index (κ2) is 13.3. The molecule has 0 saturated carbocycles. The van der Waals surface area contributed by atoms with Crippen molar-refractivity contribution < 1.29 is 24.2 Å². The monoisotopic (exact) mass is 596 g/mol. The van der Waals surface area contributed by atoms with Crippen LogP contribution < -0.4 is 0 Å². The van der Waals surface area contributed by atoms with Gasteiger partial charge in [0.05, 0.1) is 36.4 Å². The predicted octanol–water partition coefficient (Wildman–Crippen LogP) is 1.88. The van der Waals surface area contributed by atoms with Crippen molar-refractivity contribution >= 4 is 29.5 Å². The number of aliphatic hydroxyl groups excluding tert-OH is 1. The maximum absolute atomic E-state index is 14.5. The maximum atomic E-state index is 14.5. The number of thioether (sulfide) groups is 1. The lowest BCUT2D eigenvalue weighted by Gasteiger charge is -2.41. The normalized spacial score (nSPS) is 30.3. The smallest absolute Gasteiger partial charge is 0.247 e. The third-order valence-electron chi connectivity index (χ3n) is 9.43. The molecule has 1 aromatic carbocycles. The number of aliphatic hydroxyl groups is 1. The highest BCUT2D eigenvalue weighted by Crippen LogP contribution is 2.68. The van der Waals surface area contributed by atoms with Gasteiger partial charge in [-0.05, 0) is 17.9 Å². The van der Waals surface area contributed by atoms with E-state index in [4.69, 9.17) is 4.74 Å². The Balaban J connectivity index is 1.44. The predicted molar refractivity (Wildman–Crippen MR) is 164 cm³/mol. The largest absolute Gasteiger partial charge is 0.395 e. The molecule has 4 heterocycles.